The molecule has 0 unspecified atom stereocenters. The molecule has 0 bridgehead atoms. The van der Waals surface area contributed by atoms with E-state index in [1.165, 1.54) is 0 Å². The van der Waals surface area contributed by atoms with Crippen molar-refractivity contribution < 1.29 is 14.3 Å². The lowest BCUT2D eigenvalue weighted by atomic mass is 10.6. The van der Waals surface area contributed by atoms with E-state index in [0.717, 1.165) is 12.3 Å². The van der Waals surface area contributed by atoms with Gasteiger partial charge in [-0.05, 0) is 6.92 Å². The molecule has 0 aromatic rings. The predicted molar refractivity (Wildman–Crippen MR) is 38.5 cm³/mol. The number of carbonyl (C=O) groups excluding carboxylic acids is 2. The summed E-state index contributed by atoms with van der Waals surface area (Å²) in [4.78, 5) is 20.6. The minimum Gasteiger partial charge on any atom is -0.463 e. The van der Waals surface area contributed by atoms with Gasteiger partial charge in [-0.15, -0.1) is 0 Å². The number of hydrogen-bond donors (Lipinski definition) is 2. The SMILES string of the molecule is CCOC(=O)C=CNC(N)=O. The molecule has 0 heterocycles. The van der Waals surface area contributed by atoms with Gasteiger partial charge in [-0.3, -0.25) is 0 Å². The molecule has 0 saturated heterocycles. The summed E-state index contributed by atoms with van der Waals surface area (Å²) in [6, 6.07) is -0.717. The predicted octanol–water partition coefficient (Wildman–Crippen LogP) is -0.268. The van der Waals surface area contributed by atoms with Crippen LogP contribution in [-0.2, 0) is 9.53 Å². The Labute approximate surface area is 64.2 Å². The van der Waals surface area contributed by atoms with Gasteiger partial charge in [-0.2, -0.15) is 0 Å². The second-order valence-electron chi connectivity index (χ2n) is 1.59. The first kappa shape index (κ1) is 9.48. The van der Waals surface area contributed by atoms with Crippen molar-refractivity contribution in [3.05, 3.63) is 12.3 Å². The van der Waals surface area contributed by atoms with E-state index >= 15 is 0 Å². The number of amides is 2. The molecular formula is C6H10N2O3. The monoisotopic (exact) mass is 158 g/mol. The quantitative estimate of drug-likeness (QED) is 0.438. The van der Waals surface area contributed by atoms with Crippen LogP contribution in [0.4, 0.5) is 4.79 Å². The molecule has 0 aliphatic heterocycles. The first-order valence-electron chi connectivity index (χ1n) is 3.06. The second-order valence-corrected chi connectivity index (χ2v) is 1.59. The minimum atomic E-state index is -0.717. The van der Waals surface area contributed by atoms with Gasteiger partial charge < -0.3 is 15.8 Å². The molecule has 0 aliphatic carbocycles. The zero-order valence-electron chi connectivity index (χ0n) is 6.16. The molecule has 5 nitrogen and oxygen atoms in total. The van der Waals surface area contributed by atoms with Crippen molar-refractivity contribution in [3.8, 4) is 0 Å². The lowest BCUT2D eigenvalue weighted by Crippen LogP contribution is -2.24. The summed E-state index contributed by atoms with van der Waals surface area (Å²) in [5, 5.41) is 2.09. The molecule has 2 amide bonds. The van der Waals surface area contributed by atoms with Crippen LogP contribution in [0.3, 0.4) is 0 Å². The van der Waals surface area contributed by atoms with Gasteiger partial charge in [0.15, 0.2) is 0 Å². The van der Waals surface area contributed by atoms with Gasteiger partial charge in [0.1, 0.15) is 0 Å². The Kier molecular flexibility index (Phi) is 4.55. The van der Waals surface area contributed by atoms with Gasteiger partial charge in [-0.1, -0.05) is 0 Å². The van der Waals surface area contributed by atoms with Crippen molar-refractivity contribution in [3.63, 3.8) is 0 Å². The maximum absolute atomic E-state index is 10.5. The van der Waals surface area contributed by atoms with Crippen LogP contribution in [0, 0.1) is 0 Å². The van der Waals surface area contributed by atoms with Crippen LogP contribution in [0.1, 0.15) is 6.92 Å². The largest absolute Gasteiger partial charge is 0.463 e. The molecule has 3 N–H and O–H groups in total. The number of carbonyl (C=O) groups is 2. The number of ether oxygens (including phenoxy) is 1. The molecule has 5 heteroatoms. The third kappa shape index (κ3) is 6.36. The van der Waals surface area contributed by atoms with Gasteiger partial charge >= 0.3 is 12.0 Å². The summed E-state index contributed by atoms with van der Waals surface area (Å²) in [7, 11) is 0. The van der Waals surface area contributed by atoms with Gasteiger partial charge in [0.05, 0.1) is 6.61 Å². The van der Waals surface area contributed by atoms with Crippen molar-refractivity contribution >= 4 is 12.0 Å². The number of primary amides is 1. The summed E-state index contributed by atoms with van der Waals surface area (Å²) < 4.78 is 4.51. The van der Waals surface area contributed by atoms with Gasteiger partial charge in [0.2, 0.25) is 0 Å². The maximum Gasteiger partial charge on any atom is 0.332 e. The minimum absolute atomic E-state index is 0.305. The van der Waals surface area contributed by atoms with E-state index in [0.29, 0.717) is 6.61 Å². The molecule has 0 atom stereocenters. The zero-order chi connectivity index (χ0) is 8.69. The molecule has 0 radical (unpaired) electrons. The lowest BCUT2D eigenvalue weighted by Gasteiger charge is -1.94. The van der Waals surface area contributed by atoms with Crippen molar-refractivity contribution in [1.29, 1.82) is 0 Å². The average Bonchev–Trinajstić information content (AvgIpc) is 1.87. The summed E-state index contributed by atoms with van der Waals surface area (Å²) >= 11 is 0. The molecule has 0 spiro atoms. The molecule has 0 fully saturated rings. The van der Waals surface area contributed by atoms with Crippen LogP contribution in [0.2, 0.25) is 0 Å². The highest BCUT2D eigenvalue weighted by molar-refractivity contribution is 5.83. The highest BCUT2D eigenvalue weighted by Crippen LogP contribution is 1.78. The Balaban J connectivity index is 3.56. The van der Waals surface area contributed by atoms with E-state index in [1.807, 2.05) is 0 Å². The van der Waals surface area contributed by atoms with Crippen LogP contribution < -0.4 is 11.1 Å². The van der Waals surface area contributed by atoms with Crippen LogP contribution in [0.15, 0.2) is 12.3 Å². The van der Waals surface area contributed by atoms with Crippen LogP contribution in [0.25, 0.3) is 0 Å². The zero-order valence-corrected chi connectivity index (χ0v) is 6.16. The normalized spacial score (nSPS) is 9.55. The summed E-state index contributed by atoms with van der Waals surface area (Å²) in [6.07, 6.45) is 2.20. The molecular weight excluding hydrogens is 148 g/mol. The van der Waals surface area contributed by atoms with E-state index in [9.17, 15) is 9.59 Å². The topological polar surface area (TPSA) is 81.4 Å². The summed E-state index contributed by atoms with van der Waals surface area (Å²) in [5.74, 6) is -0.513. The Morgan fingerprint density at radius 1 is 1.64 bits per heavy atom. The lowest BCUT2D eigenvalue weighted by molar-refractivity contribution is -0.137. The highest BCUT2D eigenvalue weighted by Gasteiger charge is 1.92. The number of esters is 1. The maximum atomic E-state index is 10.5. The third-order valence-electron chi connectivity index (χ3n) is 0.732. The fraction of sp³-hybridized carbons (Fsp3) is 0.333. The third-order valence-corrected chi connectivity index (χ3v) is 0.732. The highest BCUT2D eigenvalue weighted by atomic mass is 16.5. The van der Waals surface area contributed by atoms with E-state index < -0.39 is 12.0 Å². The molecule has 11 heavy (non-hydrogen) atoms. The fourth-order valence-corrected chi connectivity index (χ4v) is 0.382. The van der Waals surface area contributed by atoms with Gasteiger partial charge in [0, 0.05) is 12.3 Å². The Morgan fingerprint density at radius 2 is 2.27 bits per heavy atom. The number of rotatable bonds is 3. The first-order valence-corrected chi connectivity index (χ1v) is 3.06. The fourth-order valence-electron chi connectivity index (χ4n) is 0.382. The van der Waals surface area contributed by atoms with Gasteiger partial charge in [-0.25, -0.2) is 9.59 Å². The summed E-state index contributed by atoms with van der Waals surface area (Å²) in [5.41, 5.74) is 4.70. The first-order chi connectivity index (χ1) is 5.16. The van der Waals surface area contributed by atoms with Gasteiger partial charge in [0.25, 0.3) is 0 Å². The number of nitrogens with two attached hydrogens (primary N) is 1. The Bertz CT molecular complexity index is 177. The molecule has 0 aromatic carbocycles. The molecule has 0 saturated carbocycles. The van der Waals surface area contributed by atoms with Crippen molar-refractivity contribution in [2.45, 2.75) is 6.92 Å². The summed E-state index contributed by atoms with van der Waals surface area (Å²) in [6.45, 7) is 1.99. The standard InChI is InChI=1S/C6H10N2O3/c1-2-11-5(9)3-4-8-6(7)10/h3-4H,2H2,1H3,(H3,7,8,10). The van der Waals surface area contributed by atoms with Crippen LogP contribution in [0.5, 0.6) is 0 Å². The molecule has 0 aromatic heterocycles. The second kappa shape index (κ2) is 5.28. The van der Waals surface area contributed by atoms with E-state index in [4.69, 9.17) is 5.73 Å². The van der Waals surface area contributed by atoms with E-state index in [-0.39, 0.29) is 0 Å². The molecule has 0 rings (SSSR count). The van der Waals surface area contributed by atoms with Crippen molar-refractivity contribution in [2.24, 2.45) is 5.73 Å². The number of nitrogens with one attached hydrogen (secondary N) is 1. The molecule has 0 aliphatic rings. The van der Waals surface area contributed by atoms with Crippen LogP contribution in [-0.4, -0.2) is 18.6 Å². The number of hydrogen-bond acceptors (Lipinski definition) is 3. The van der Waals surface area contributed by atoms with Crippen molar-refractivity contribution in [1.82, 2.24) is 5.32 Å². The average molecular weight is 158 g/mol. The van der Waals surface area contributed by atoms with Crippen molar-refractivity contribution in [2.75, 3.05) is 6.61 Å². The Morgan fingerprint density at radius 3 is 2.73 bits per heavy atom. The van der Waals surface area contributed by atoms with E-state index in [2.05, 4.69) is 10.1 Å². The number of urea groups is 1. The molecule has 62 valence electrons. The Hall–Kier alpha value is -1.52. The smallest absolute Gasteiger partial charge is 0.332 e. The van der Waals surface area contributed by atoms with E-state index in [1.54, 1.807) is 6.92 Å². The van der Waals surface area contributed by atoms with Crippen LogP contribution >= 0.6 is 0 Å².